The molecule has 0 bridgehead atoms. The molecule has 1 saturated heterocycles. The average molecular weight is 441 g/mol. The molecular weight excluding hydrogens is 411 g/mol. The maximum absolute atomic E-state index is 14.2. The lowest BCUT2D eigenvalue weighted by atomic mass is 9.83. The molecule has 0 N–H and O–H groups in total. The smallest absolute Gasteiger partial charge is 0.245 e. The number of hydrogen-bond acceptors (Lipinski definition) is 5. The van der Waals surface area contributed by atoms with Crippen molar-refractivity contribution in [1.29, 1.82) is 0 Å². The summed E-state index contributed by atoms with van der Waals surface area (Å²) in [6.45, 7) is 1.42. The first-order valence-electron chi connectivity index (χ1n) is 11.7. The Morgan fingerprint density at radius 1 is 1.19 bits per heavy atom. The number of amides is 1. The minimum absolute atomic E-state index is 0.0271. The summed E-state index contributed by atoms with van der Waals surface area (Å²) in [5, 5.41) is 5.04. The van der Waals surface area contributed by atoms with E-state index in [4.69, 9.17) is 0 Å². The van der Waals surface area contributed by atoms with Crippen LogP contribution < -0.4 is 0 Å². The predicted molar refractivity (Wildman–Crippen MR) is 116 cm³/mol. The standard InChI is InChI=1S/C24H29FN4O3/c1-14(30)24-17-8-9-26-12-21(17)28(27-24)13-23(32)29-19-10-16(19)11-20(29)22(31)7-6-15-4-2-3-5-18(15)25/h8-9,12,15-16,18-20H,2-7,10-11,13H2,1H3/t15?,16-,18?,19-,20+/m1/s1. The molecule has 2 unspecified atom stereocenters. The molecule has 32 heavy (non-hydrogen) atoms. The summed E-state index contributed by atoms with van der Waals surface area (Å²) in [5.74, 6) is 0.0938. The predicted octanol–water partition coefficient (Wildman–Crippen LogP) is 3.50. The summed E-state index contributed by atoms with van der Waals surface area (Å²) < 4.78 is 15.7. The van der Waals surface area contributed by atoms with Crippen molar-refractivity contribution in [3.8, 4) is 0 Å². The Balaban J connectivity index is 1.29. The normalized spacial score (nSPS) is 29.2. The number of hydrogen-bond donors (Lipinski definition) is 0. The van der Waals surface area contributed by atoms with Crippen LogP contribution in [0, 0.1) is 11.8 Å². The lowest BCUT2D eigenvalue weighted by molar-refractivity contribution is -0.139. The van der Waals surface area contributed by atoms with E-state index in [0.29, 0.717) is 48.2 Å². The highest BCUT2D eigenvalue weighted by Gasteiger charge is 2.55. The number of aromatic nitrogens is 3. The van der Waals surface area contributed by atoms with E-state index in [1.54, 1.807) is 23.4 Å². The summed E-state index contributed by atoms with van der Waals surface area (Å²) in [6.07, 6.45) is 8.38. The number of carbonyl (C=O) groups is 3. The lowest BCUT2D eigenvalue weighted by Crippen LogP contribution is -2.44. The Kier molecular flexibility index (Phi) is 5.55. The summed E-state index contributed by atoms with van der Waals surface area (Å²) >= 11 is 0. The molecule has 2 aliphatic carbocycles. The molecule has 5 atom stereocenters. The monoisotopic (exact) mass is 440 g/mol. The second kappa shape index (κ2) is 8.37. The van der Waals surface area contributed by atoms with Crippen molar-refractivity contribution in [2.45, 2.75) is 83.1 Å². The third kappa shape index (κ3) is 3.84. The van der Waals surface area contributed by atoms with Crippen molar-refractivity contribution >= 4 is 28.4 Å². The van der Waals surface area contributed by atoms with Crippen molar-refractivity contribution < 1.29 is 18.8 Å². The van der Waals surface area contributed by atoms with Crippen LogP contribution in [-0.2, 0) is 16.1 Å². The van der Waals surface area contributed by atoms with Crippen molar-refractivity contribution in [1.82, 2.24) is 19.7 Å². The van der Waals surface area contributed by atoms with E-state index in [1.807, 2.05) is 0 Å². The van der Waals surface area contributed by atoms with E-state index in [9.17, 15) is 18.8 Å². The average Bonchev–Trinajstić information content (AvgIpc) is 3.28. The van der Waals surface area contributed by atoms with Gasteiger partial charge in [-0.3, -0.25) is 24.0 Å². The van der Waals surface area contributed by atoms with Gasteiger partial charge in [-0.15, -0.1) is 0 Å². The van der Waals surface area contributed by atoms with Crippen LogP contribution in [0.25, 0.3) is 10.9 Å². The summed E-state index contributed by atoms with van der Waals surface area (Å²) in [4.78, 5) is 44.2. The van der Waals surface area contributed by atoms with E-state index in [0.717, 1.165) is 25.7 Å². The van der Waals surface area contributed by atoms with Gasteiger partial charge in [0, 0.05) is 31.0 Å². The van der Waals surface area contributed by atoms with Crippen LogP contribution in [0.1, 0.15) is 68.8 Å². The second-order valence-electron chi connectivity index (χ2n) is 9.64. The molecule has 3 fully saturated rings. The Hall–Kier alpha value is -2.64. The van der Waals surface area contributed by atoms with Gasteiger partial charge in [0.15, 0.2) is 11.6 Å². The molecule has 0 spiro atoms. The highest BCUT2D eigenvalue weighted by molar-refractivity contribution is 6.04. The van der Waals surface area contributed by atoms with Gasteiger partial charge in [0.25, 0.3) is 0 Å². The number of ketones is 2. The third-order valence-electron chi connectivity index (χ3n) is 7.51. The molecule has 1 aliphatic heterocycles. The largest absolute Gasteiger partial charge is 0.328 e. The fourth-order valence-electron chi connectivity index (χ4n) is 5.70. The minimum atomic E-state index is -0.802. The van der Waals surface area contributed by atoms with Crippen LogP contribution in [0.5, 0.6) is 0 Å². The van der Waals surface area contributed by atoms with Gasteiger partial charge in [-0.1, -0.05) is 12.8 Å². The van der Waals surface area contributed by atoms with Gasteiger partial charge in [-0.2, -0.15) is 5.10 Å². The molecular formula is C24H29FN4O3. The summed E-state index contributed by atoms with van der Waals surface area (Å²) in [6, 6.07) is 1.43. The van der Waals surface area contributed by atoms with Gasteiger partial charge >= 0.3 is 0 Å². The van der Waals surface area contributed by atoms with Crippen molar-refractivity contribution in [3.63, 3.8) is 0 Å². The fourth-order valence-corrected chi connectivity index (χ4v) is 5.70. The first kappa shape index (κ1) is 21.2. The molecule has 2 aromatic heterocycles. The number of carbonyl (C=O) groups excluding carboxylic acids is 3. The number of piperidine rings is 1. The molecule has 0 aromatic carbocycles. The Bertz CT molecular complexity index is 1070. The number of fused-ring (bicyclic) bond motifs is 2. The maximum atomic E-state index is 14.2. The van der Waals surface area contributed by atoms with Crippen molar-refractivity contribution in [2.24, 2.45) is 11.8 Å². The number of Topliss-reactive ketones (excluding diaryl/α,β-unsaturated/α-hetero) is 2. The molecule has 1 amide bonds. The molecule has 2 aromatic rings. The van der Waals surface area contributed by atoms with Gasteiger partial charge in [-0.25, -0.2) is 4.39 Å². The minimum Gasteiger partial charge on any atom is -0.328 e. The van der Waals surface area contributed by atoms with Crippen LogP contribution in [0.15, 0.2) is 18.5 Å². The highest BCUT2D eigenvalue weighted by Crippen LogP contribution is 2.48. The van der Waals surface area contributed by atoms with Crippen LogP contribution in [-0.4, -0.2) is 55.4 Å². The van der Waals surface area contributed by atoms with Crippen LogP contribution in [0.4, 0.5) is 4.39 Å². The third-order valence-corrected chi connectivity index (χ3v) is 7.51. The fraction of sp³-hybridized carbons (Fsp3) is 0.625. The molecule has 2 saturated carbocycles. The molecule has 3 heterocycles. The Morgan fingerprint density at radius 2 is 2.00 bits per heavy atom. The zero-order valence-electron chi connectivity index (χ0n) is 18.4. The molecule has 3 aliphatic rings. The topological polar surface area (TPSA) is 85.2 Å². The summed E-state index contributed by atoms with van der Waals surface area (Å²) in [5.41, 5.74) is 0.952. The maximum Gasteiger partial charge on any atom is 0.245 e. The molecule has 5 rings (SSSR count). The van der Waals surface area contributed by atoms with Crippen LogP contribution >= 0.6 is 0 Å². The van der Waals surface area contributed by atoms with Gasteiger partial charge < -0.3 is 4.90 Å². The number of alkyl halides is 1. The lowest BCUT2D eigenvalue weighted by Gasteiger charge is -2.29. The van der Waals surface area contributed by atoms with E-state index in [-0.39, 0.29) is 36.0 Å². The van der Waals surface area contributed by atoms with Gasteiger partial charge in [-0.05, 0) is 50.0 Å². The van der Waals surface area contributed by atoms with Crippen LogP contribution in [0.2, 0.25) is 0 Å². The van der Waals surface area contributed by atoms with Crippen LogP contribution in [0.3, 0.4) is 0 Å². The number of rotatable bonds is 7. The van der Waals surface area contributed by atoms with Crippen molar-refractivity contribution in [2.75, 3.05) is 0 Å². The van der Waals surface area contributed by atoms with Gasteiger partial charge in [0.1, 0.15) is 18.4 Å². The Morgan fingerprint density at radius 3 is 2.78 bits per heavy atom. The SMILES string of the molecule is CC(=O)c1nn(CC(=O)N2[C@@H]3C[C@@H]3C[C@H]2C(=O)CCC2CCCCC2F)c2cnccc12. The Labute approximate surface area is 186 Å². The van der Waals surface area contributed by atoms with Gasteiger partial charge in [0.2, 0.25) is 5.91 Å². The number of pyridine rings is 1. The first-order chi connectivity index (χ1) is 15.4. The van der Waals surface area contributed by atoms with E-state index < -0.39 is 12.2 Å². The molecule has 170 valence electrons. The zero-order valence-corrected chi connectivity index (χ0v) is 18.4. The number of nitrogens with zero attached hydrogens (tertiary/aromatic N) is 4. The highest BCUT2D eigenvalue weighted by atomic mass is 19.1. The van der Waals surface area contributed by atoms with E-state index >= 15 is 0 Å². The zero-order chi connectivity index (χ0) is 22.4. The second-order valence-corrected chi connectivity index (χ2v) is 9.64. The number of halogens is 1. The molecule has 0 radical (unpaired) electrons. The van der Waals surface area contributed by atoms with Gasteiger partial charge in [0.05, 0.1) is 17.8 Å². The quantitative estimate of drug-likeness (QED) is 0.615. The van der Waals surface area contributed by atoms with Crippen molar-refractivity contribution in [3.05, 3.63) is 24.2 Å². The molecule has 8 heteroatoms. The molecule has 7 nitrogen and oxygen atoms in total. The summed E-state index contributed by atoms with van der Waals surface area (Å²) in [7, 11) is 0. The van der Waals surface area contributed by atoms with E-state index in [1.165, 1.54) is 11.6 Å². The number of likely N-dealkylation sites (tertiary alicyclic amines) is 1. The van der Waals surface area contributed by atoms with E-state index in [2.05, 4.69) is 10.1 Å². The first-order valence-corrected chi connectivity index (χ1v) is 11.7.